The van der Waals surface area contributed by atoms with Crippen molar-refractivity contribution in [2.24, 2.45) is 5.92 Å². The molecule has 0 heterocycles. The molecule has 19 heavy (non-hydrogen) atoms. The molecule has 0 saturated heterocycles. The number of halogens is 1. The van der Waals surface area contributed by atoms with Crippen LogP contribution in [0.2, 0.25) is 0 Å². The van der Waals surface area contributed by atoms with Crippen LogP contribution in [-0.2, 0) is 10.0 Å². The second-order valence-electron chi connectivity index (χ2n) is 4.81. The maximum absolute atomic E-state index is 12.2. The third-order valence-corrected chi connectivity index (χ3v) is 4.65. The van der Waals surface area contributed by atoms with Crippen LogP contribution in [0.5, 0.6) is 0 Å². The van der Waals surface area contributed by atoms with Crippen LogP contribution in [0.3, 0.4) is 0 Å². The van der Waals surface area contributed by atoms with E-state index < -0.39 is 16.1 Å². The van der Waals surface area contributed by atoms with Gasteiger partial charge >= 0.3 is 0 Å². The number of aliphatic hydroxyl groups is 1. The lowest BCUT2D eigenvalue weighted by molar-refractivity contribution is 0.240. The molecule has 0 bridgehead atoms. The molecule has 1 aromatic rings. The van der Waals surface area contributed by atoms with Gasteiger partial charge in [0.05, 0.1) is 12.3 Å². The van der Waals surface area contributed by atoms with Gasteiger partial charge in [-0.3, -0.25) is 0 Å². The third kappa shape index (κ3) is 4.76. The smallest absolute Gasteiger partial charge is 0.242 e. The van der Waals surface area contributed by atoms with Gasteiger partial charge in [-0.25, -0.2) is 13.1 Å². The van der Waals surface area contributed by atoms with Crippen molar-refractivity contribution in [3.8, 4) is 0 Å². The second-order valence-corrected chi connectivity index (χ2v) is 7.41. The first kappa shape index (κ1) is 16.4. The molecular formula is C12H19BrN2O3S. The molecule has 0 fully saturated rings. The molecule has 7 heteroatoms. The van der Waals surface area contributed by atoms with Gasteiger partial charge in [0.15, 0.2) is 0 Å². The fraction of sp³-hybridized carbons (Fsp3) is 0.500. The molecule has 0 saturated carbocycles. The summed E-state index contributed by atoms with van der Waals surface area (Å²) < 4.78 is 27.6. The van der Waals surface area contributed by atoms with Crippen molar-refractivity contribution in [2.45, 2.75) is 31.2 Å². The predicted octanol–water partition coefficient (Wildman–Crippen LogP) is 1.72. The van der Waals surface area contributed by atoms with Gasteiger partial charge in [-0.1, -0.05) is 29.8 Å². The molecule has 108 valence electrons. The Kier molecular flexibility index (Phi) is 5.79. The highest BCUT2D eigenvalue weighted by atomic mass is 79.9. The quantitative estimate of drug-likeness (QED) is 0.681. The van der Waals surface area contributed by atoms with Crippen LogP contribution >= 0.6 is 15.9 Å². The molecule has 4 N–H and O–H groups in total. The summed E-state index contributed by atoms with van der Waals surface area (Å²) in [6.45, 7) is 3.68. The van der Waals surface area contributed by atoms with Gasteiger partial charge in [-0.15, -0.1) is 0 Å². The van der Waals surface area contributed by atoms with Crippen LogP contribution in [0.4, 0.5) is 5.69 Å². The largest absolute Gasteiger partial charge is 0.398 e. The van der Waals surface area contributed by atoms with Gasteiger partial charge < -0.3 is 10.8 Å². The highest BCUT2D eigenvalue weighted by molar-refractivity contribution is 9.10. The minimum absolute atomic E-state index is 0.0258. The van der Waals surface area contributed by atoms with E-state index in [9.17, 15) is 13.5 Å². The number of sulfonamides is 1. The minimum atomic E-state index is -3.72. The number of aliphatic hydroxyl groups excluding tert-OH is 1. The fourth-order valence-electron chi connectivity index (χ4n) is 1.78. The molecule has 0 aromatic heterocycles. The summed E-state index contributed by atoms with van der Waals surface area (Å²) in [5, 5.41) is 9.23. The molecule has 0 aliphatic heterocycles. The van der Waals surface area contributed by atoms with Crippen LogP contribution in [0.1, 0.15) is 20.3 Å². The van der Waals surface area contributed by atoms with Crippen LogP contribution in [0, 0.1) is 5.92 Å². The van der Waals surface area contributed by atoms with Gasteiger partial charge in [-0.2, -0.15) is 0 Å². The summed E-state index contributed by atoms with van der Waals surface area (Å²) in [6.07, 6.45) is 0.562. The molecule has 5 nitrogen and oxygen atoms in total. The standard InChI is InChI=1S/C12H19BrN2O3S/c1-8(2)5-10(7-16)15-19(17,18)12-4-3-9(13)6-11(12)14/h3-4,6,8,10,15-16H,5,7,14H2,1-2H3. The van der Waals surface area contributed by atoms with E-state index in [2.05, 4.69) is 20.7 Å². The SMILES string of the molecule is CC(C)CC(CO)NS(=O)(=O)c1ccc(Br)cc1N. The summed E-state index contributed by atoms with van der Waals surface area (Å²) in [6, 6.07) is 4.07. The summed E-state index contributed by atoms with van der Waals surface area (Å²) in [5.41, 5.74) is 5.88. The first-order valence-electron chi connectivity index (χ1n) is 5.94. The number of nitrogens with one attached hydrogen (secondary N) is 1. The Balaban J connectivity index is 2.97. The van der Waals surface area contributed by atoms with Crippen LogP contribution < -0.4 is 10.5 Å². The molecule has 0 spiro atoms. The van der Waals surface area contributed by atoms with Crippen molar-refractivity contribution >= 4 is 31.6 Å². The first-order valence-corrected chi connectivity index (χ1v) is 8.22. The van der Waals surface area contributed by atoms with Crippen molar-refractivity contribution in [3.63, 3.8) is 0 Å². The number of anilines is 1. The van der Waals surface area contributed by atoms with Crippen LogP contribution in [0.15, 0.2) is 27.6 Å². The lowest BCUT2D eigenvalue weighted by atomic mass is 10.1. The molecule has 0 radical (unpaired) electrons. The van der Waals surface area contributed by atoms with E-state index in [1.165, 1.54) is 12.1 Å². The van der Waals surface area contributed by atoms with Crippen molar-refractivity contribution in [2.75, 3.05) is 12.3 Å². The Morgan fingerprint density at radius 2 is 2.05 bits per heavy atom. The minimum Gasteiger partial charge on any atom is -0.398 e. The number of hydrogen-bond donors (Lipinski definition) is 3. The number of benzene rings is 1. The van der Waals surface area contributed by atoms with E-state index in [0.717, 1.165) is 0 Å². The number of rotatable bonds is 6. The van der Waals surface area contributed by atoms with Gasteiger partial charge in [0.1, 0.15) is 4.90 Å². The Labute approximate surface area is 122 Å². The summed E-state index contributed by atoms with van der Waals surface area (Å²) in [4.78, 5) is 0.0258. The summed E-state index contributed by atoms with van der Waals surface area (Å²) in [7, 11) is -3.72. The lowest BCUT2D eigenvalue weighted by Crippen LogP contribution is -2.38. The first-order chi connectivity index (χ1) is 8.76. The zero-order chi connectivity index (χ0) is 14.6. The van der Waals surface area contributed by atoms with E-state index >= 15 is 0 Å². The van der Waals surface area contributed by atoms with E-state index in [1.807, 2.05) is 13.8 Å². The fourth-order valence-corrected chi connectivity index (χ4v) is 3.51. The molecule has 1 rings (SSSR count). The highest BCUT2D eigenvalue weighted by Gasteiger charge is 2.22. The summed E-state index contributed by atoms with van der Waals surface area (Å²) >= 11 is 3.23. The Bertz CT molecular complexity index is 532. The van der Waals surface area contributed by atoms with E-state index in [-0.39, 0.29) is 23.1 Å². The van der Waals surface area contributed by atoms with E-state index in [1.54, 1.807) is 6.07 Å². The second kappa shape index (κ2) is 6.69. The molecule has 0 aliphatic rings. The van der Waals surface area contributed by atoms with Gasteiger partial charge in [0.2, 0.25) is 10.0 Å². The molecule has 1 atom stereocenters. The number of hydrogen-bond acceptors (Lipinski definition) is 4. The predicted molar refractivity (Wildman–Crippen MR) is 79.2 cm³/mol. The molecule has 0 amide bonds. The number of nitrogens with two attached hydrogens (primary N) is 1. The van der Waals surface area contributed by atoms with Crippen molar-refractivity contribution in [1.82, 2.24) is 4.72 Å². The third-order valence-electron chi connectivity index (χ3n) is 2.56. The number of nitrogen functional groups attached to an aromatic ring is 1. The zero-order valence-electron chi connectivity index (χ0n) is 10.9. The van der Waals surface area contributed by atoms with Crippen molar-refractivity contribution in [3.05, 3.63) is 22.7 Å². The highest BCUT2D eigenvalue weighted by Crippen LogP contribution is 2.23. The molecular weight excluding hydrogens is 332 g/mol. The van der Waals surface area contributed by atoms with E-state index in [4.69, 9.17) is 5.73 Å². The maximum atomic E-state index is 12.2. The average Bonchev–Trinajstić information content (AvgIpc) is 2.26. The molecule has 0 aliphatic carbocycles. The lowest BCUT2D eigenvalue weighted by Gasteiger charge is -2.19. The topological polar surface area (TPSA) is 92.4 Å². The monoisotopic (exact) mass is 350 g/mol. The summed E-state index contributed by atoms with van der Waals surface area (Å²) in [5.74, 6) is 0.280. The Hall–Kier alpha value is -0.630. The van der Waals surface area contributed by atoms with Crippen LogP contribution in [0.25, 0.3) is 0 Å². The molecule has 1 aromatic carbocycles. The normalized spacial score (nSPS) is 13.7. The van der Waals surface area contributed by atoms with Gasteiger partial charge in [-0.05, 0) is 30.5 Å². The van der Waals surface area contributed by atoms with Crippen LogP contribution in [-0.4, -0.2) is 26.2 Å². The Morgan fingerprint density at radius 1 is 1.42 bits per heavy atom. The maximum Gasteiger partial charge on any atom is 0.242 e. The van der Waals surface area contributed by atoms with Crippen molar-refractivity contribution in [1.29, 1.82) is 0 Å². The molecule has 1 unspecified atom stereocenters. The van der Waals surface area contributed by atoms with E-state index in [0.29, 0.717) is 10.9 Å². The average molecular weight is 351 g/mol. The van der Waals surface area contributed by atoms with Gasteiger partial charge in [0, 0.05) is 10.5 Å². The Morgan fingerprint density at radius 3 is 2.53 bits per heavy atom. The zero-order valence-corrected chi connectivity index (χ0v) is 13.3. The van der Waals surface area contributed by atoms with Gasteiger partial charge in [0.25, 0.3) is 0 Å². The van der Waals surface area contributed by atoms with Crippen molar-refractivity contribution < 1.29 is 13.5 Å².